The number of nitrogens with one attached hydrogen (secondary N) is 1. The van der Waals surface area contributed by atoms with Crippen molar-refractivity contribution in [2.75, 3.05) is 39.3 Å². The second kappa shape index (κ2) is 9.69. The van der Waals surface area contributed by atoms with Gasteiger partial charge < -0.3 is 15.3 Å². The number of aromatic nitrogens is 1. The molecule has 2 amide bonds. The molecule has 2 heterocycles. The van der Waals surface area contributed by atoms with Crippen molar-refractivity contribution in [2.24, 2.45) is 0 Å². The Labute approximate surface area is 164 Å². The first-order chi connectivity index (χ1) is 13.2. The number of carbonyl (C=O) groups excluding carboxylic acids is 1. The molecular formula is C20H25ClN4O2. The Kier molecular flexibility index (Phi) is 7.04. The number of hydrogen-bond donors (Lipinski definition) is 2. The molecule has 1 aromatic heterocycles. The van der Waals surface area contributed by atoms with Crippen molar-refractivity contribution in [2.45, 2.75) is 12.5 Å². The zero-order chi connectivity index (χ0) is 19.1. The van der Waals surface area contributed by atoms with Gasteiger partial charge in [0.1, 0.15) is 0 Å². The number of halogens is 1. The Bertz CT molecular complexity index is 719. The number of aliphatic hydroxyl groups is 1. The van der Waals surface area contributed by atoms with Crippen molar-refractivity contribution in [1.82, 2.24) is 20.1 Å². The molecule has 1 aliphatic heterocycles. The minimum absolute atomic E-state index is 0.0754. The quantitative estimate of drug-likeness (QED) is 0.797. The van der Waals surface area contributed by atoms with Crippen LogP contribution in [0.2, 0.25) is 5.02 Å². The van der Waals surface area contributed by atoms with Crippen LogP contribution >= 0.6 is 11.6 Å². The topological polar surface area (TPSA) is 68.7 Å². The van der Waals surface area contributed by atoms with E-state index in [9.17, 15) is 4.79 Å². The summed E-state index contributed by atoms with van der Waals surface area (Å²) in [5, 5.41) is 12.8. The number of rotatable bonds is 6. The third kappa shape index (κ3) is 5.42. The summed E-state index contributed by atoms with van der Waals surface area (Å²) in [5.74, 6) is 0. The fourth-order valence-electron chi connectivity index (χ4n) is 3.25. The van der Waals surface area contributed by atoms with Crippen LogP contribution in [-0.2, 0) is 0 Å². The summed E-state index contributed by atoms with van der Waals surface area (Å²) < 4.78 is 0. The van der Waals surface area contributed by atoms with Gasteiger partial charge in [-0.05, 0) is 41.8 Å². The van der Waals surface area contributed by atoms with Crippen molar-refractivity contribution in [3.05, 3.63) is 64.9 Å². The van der Waals surface area contributed by atoms with E-state index >= 15 is 0 Å². The number of pyridine rings is 1. The Balaban J connectivity index is 1.67. The SMILES string of the molecule is O=C(N[C@H](c1ccncc1)c1ccc(Cl)cc1)N1CCN(CCCO)CC1. The highest BCUT2D eigenvalue weighted by atomic mass is 35.5. The summed E-state index contributed by atoms with van der Waals surface area (Å²) in [7, 11) is 0. The molecule has 6 nitrogen and oxygen atoms in total. The lowest BCUT2D eigenvalue weighted by Gasteiger charge is -2.35. The van der Waals surface area contributed by atoms with Gasteiger partial charge in [-0.3, -0.25) is 9.88 Å². The minimum Gasteiger partial charge on any atom is -0.396 e. The van der Waals surface area contributed by atoms with Crippen molar-refractivity contribution in [3.63, 3.8) is 0 Å². The summed E-state index contributed by atoms with van der Waals surface area (Å²) in [5.41, 5.74) is 1.95. The predicted octanol–water partition coefficient (Wildman–Crippen LogP) is 2.53. The lowest BCUT2D eigenvalue weighted by atomic mass is 10.00. The molecule has 2 aromatic rings. The van der Waals surface area contributed by atoms with Gasteiger partial charge in [-0.25, -0.2) is 4.79 Å². The highest BCUT2D eigenvalue weighted by Gasteiger charge is 2.24. The number of amides is 2. The van der Waals surface area contributed by atoms with Crippen LogP contribution in [0.25, 0.3) is 0 Å². The summed E-state index contributed by atoms with van der Waals surface area (Å²) >= 11 is 6.01. The van der Waals surface area contributed by atoms with Crippen LogP contribution in [-0.4, -0.2) is 65.3 Å². The van der Waals surface area contributed by atoms with Crippen LogP contribution < -0.4 is 5.32 Å². The molecule has 0 bridgehead atoms. The molecule has 1 saturated heterocycles. The lowest BCUT2D eigenvalue weighted by Crippen LogP contribution is -2.52. The Hall–Kier alpha value is -2.15. The van der Waals surface area contributed by atoms with Crippen LogP contribution in [0.5, 0.6) is 0 Å². The van der Waals surface area contributed by atoms with E-state index in [1.807, 2.05) is 41.3 Å². The van der Waals surface area contributed by atoms with Crippen molar-refractivity contribution in [3.8, 4) is 0 Å². The van der Waals surface area contributed by atoms with E-state index in [-0.39, 0.29) is 18.7 Å². The van der Waals surface area contributed by atoms with Gasteiger partial charge in [-0.1, -0.05) is 23.7 Å². The molecule has 27 heavy (non-hydrogen) atoms. The number of aliphatic hydroxyl groups excluding tert-OH is 1. The smallest absolute Gasteiger partial charge is 0.318 e. The third-order valence-electron chi connectivity index (χ3n) is 4.80. The highest BCUT2D eigenvalue weighted by molar-refractivity contribution is 6.30. The molecule has 1 atom stereocenters. The number of piperazine rings is 1. The van der Waals surface area contributed by atoms with Crippen LogP contribution in [0.1, 0.15) is 23.6 Å². The van der Waals surface area contributed by atoms with Crippen molar-refractivity contribution in [1.29, 1.82) is 0 Å². The van der Waals surface area contributed by atoms with Crippen LogP contribution in [0.15, 0.2) is 48.8 Å². The Morgan fingerprint density at radius 1 is 1.07 bits per heavy atom. The van der Waals surface area contributed by atoms with Crippen molar-refractivity contribution >= 4 is 17.6 Å². The van der Waals surface area contributed by atoms with E-state index in [2.05, 4.69) is 15.2 Å². The zero-order valence-electron chi connectivity index (χ0n) is 15.2. The van der Waals surface area contributed by atoms with E-state index in [0.717, 1.165) is 37.2 Å². The third-order valence-corrected chi connectivity index (χ3v) is 5.05. The van der Waals surface area contributed by atoms with Crippen LogP contribution in [0.3, 0.4) is 0 Å². The maximum absolute atomic E-state index is 12.9. The Morgan fingerprint density at radius 3 is 2.33 bits per heavy atom. The molecule has 2 N–H and O–H groups in total. The first kappa shape index (κ1) is 19.6. The molecule has 1 aliphatic rings. The van der Waals surface area contributed by atoms with Gasteiger partial charge in [0, 0.05) is 56.7 Å². The molecule has 7 heteroatoms. The molecule has 1 aromatic carbocycles. The van der Waals surface area contributed by atoms with Crippen molar-refractivity contribution < 1.29 is 9.90 Å². The van der Waals surface area contributed by atoms with Gasteiger partial charge in [-0.2, -0.15) is 0 Å². The predicted molar refractivity (Wildman–Crippen MR) is 106 cm³/mol. The average Bonchev–Trinajstić information content (AvgIpc) is 2.72. The van der Waals surface area contributed by atoms with Gasteiger partial charge in [0.2, 0.25) is 0 Å². The second-order valence-electron chi connectivity index (χ2n) is 6.62. The Morgan fingerprint density at radius 2 is 1.70 bits per heavy atom. The first-order valence-corrected chi connectivity index (χ1v) is 9.59. The monoisotopic (exact) mass is 388 g/mol. The molecule has 0 aliphatic carbocycles. The zero-order valence-corrected chi connectivity index (χ0v) is 16.0. The molecule has 0 radical (unpaired) electrons. The molecule has 1 fully saturated rings. The summed E-state index contributed by atoms with van der Waals surface area (Å²) in [4.78, 5) is 21.1. The van der Waals surface area contributed by atoms with Gasteiger partial charge in [-0.15, -0.1) is 0 Å². The number of nitrogens with zero attached hydrogens (tertiary/aromatic N) is 3. The highest BCUT2D eigenvalue weighted by Crippen LogP contribution is 2.23. The largest absolute Gasteiger partial charge is 0.396 e. The summed E-state index contributed by atoms with van der Waals surface area (Å²) in [6.45, 7) is 4.09. The number of urea groups is 1. The molecule has 0 saturated carbocycles. The van der Waals surface area contributed by atoms with E-state index in [1.54, 1.807) is 12.4 Å². The fraction of sp³-hybridized carbons (Fsp3) is 0.400. The van der Waals surface area contributed by atoms with Gasteiger partial charge in [0.05, 0.1) is 6.04 Å². The normalized spacial score (nSPS) is 16.1. The molecule has 0 unspecified atom stereocenters. The van der Waals surface area contributed by atoms with E-state index in [0.29, 0.717) is 18.1 Å². The number of benzene rings is 1. The van der Waals surface area contributed by atoms with Gasteiger partial charge in [0.25, 0.3) is 0 Å². The van der Waals surface area contributed by atoms with Crippen LogP contribution in [0.4, 0.5) is 4.79 Å². The number of carbonyl (C=O) groups is 1. The van der Waals surface area contributed by atoms with Gasteiger partial charge >= 0.3 is 6.03 Å². The van der Waals surface area contributed by atoms with E-state index in [4.69, 9.17) is 16.7 Å². The number of hydrogen-bond acceptors (Lipinski definition) is 4. The van der Waals surface area contributed by atoms with Crippen LogP contribution in [0, 0.1) is 0 Å². The molecule has 3 rings (SSSR count). The first-order valence-electron chi connectivity index (χ1n) is 9.21. The second-order valence-corrected chi connectivity index (χ2v) is 7.06. The van der Waals surface area contributed by atoms with E-state index in [1.165, 1.54) is 0 Å². The molecule has 0 spiro atoms. The maximum Gasteiger partial charge on any atom is 0.318 e. The fourth-order valence-corrected chi connectivity index (χ4v) is 3.38. The maximum atomic E-state index is 12.9. The van der Waals surface area contributed by atoms with E-state index < -0.39 is 0 Å². The van der Waals surface area contributed by atoms with Gasteiger partial charge in [0.15, 0.2) is 0 Å². The summed E-state index contributed by atoms with van der Waals surface area (Å²) in [6.07, 6.45) is 4.22. The molecular weight excluding hydrogens is 364 g/mol. The lowest BCUT2D eigenvalue weighted by molar-refractivity contribution is 0.131. The average molecular weight is 389 g/mol. The standard InChI is InChI=1S/C20H25ClN4O2/c21-18-4-2-16(3-5-18)19(17-6-8-22-9-7-17)23-20(27)25-13-11-24(12-14-25)10-1-15-26/h2-9,19,26H,1,10-15H2,(H,23,27)/t19-/m0/s1. The summed E-state index contributed by atoms with van der Waals surface area (Å²) in [6, 6.07) is 11.0. The molecule has 144 valence electrons. The minimum atomic E-state index is -0.259.